The maximum absolute atomic E-state index is 12.9. The molecule has 0 aliphatic carbocycles. The molecule has 0 aliphatic rings. The number of nitrogens with zero attached hydrogens (tertiary/aromatic N) is 2. The molecule has 5 nitrogen and oxygen atoms in total. The van der Waals surface area contributed by atoms with E-state index >= 15 is 0 Å². The van der Waals surface area contributed by atoms with Crippen LogP contribution in [0, 0.1) is 5.82 Å². The monoisotopic (exact) mass is 344 g/mol. The fourth-order valence-corrected chi connectivity index (χ4v) is 2.36. The summed E-state index contributed by atoms with van der Waals surface area (Å²) in [6.45, 7) is 4.77. The molecule has 0 unspecified atom stereocenters. The highest BCUT2D eigenvalue weighted by Gasteiger charge is 1.99. The van der Waals surface area contributed by atoms with E-state index in [0.717, 1.165) is 37.5 Å². The van der Waals surface area contributed by atoms with Crippen LogP contribution in [0.1, 0.15) is 25.3 Å². The van der Waals surface area contributed by atoms with Crippen molar-refractivity contribution in [1.29, 1.82) is 0 Å². The maximum atomic E-state index is 12.9. The first kappa shape index (κ1) is 18.7. The molecular formula is C19H25FN4O. The third-order valence-electron chi connectivity index (χ3n) is 3.69. The van der Waals surface area contributed by atoms with Gasteiger partial charge < -0.3 is 15.2 Å². The predicted molar refractivity (Wildman–Crippen MR) is 99.2 cm³/mol. The van der Waals surface area contributed by atoms with Crippen molar-refractivity contribution in [3.8, 4) is 0 Å². The lowest BCUT2D eigenvalue weighted by Gasteiger charge is -2.11. The highest BCUT2D eigenvalue weighted by molar-refractivity contribution is 5.79. The number of halogens is 1. The first-order chi connectivity index (χ1) is 12.2. The van der Waals surface area contributed by atoms with Gasteiger partial charge in [0.25, 0.3) is 0 Å². The Hall–Kier alpha value is -2.63. The van der Waals surface area contributed by atoms with Crippen LogP contribution in [0.25, 0.3) is 0 Å². The van der Waals surface area contributed by atoms with E-state index in [1.165, 1.54) is 12.1 Å². The molecule has 0 atom stereocenters. The molecule has 0 fully saturated rings. The van der Waals surface area contributed by atoms with Gasteiger partial charge >= 0.3 is 0 Å². The van der Waals surface area contributed by atoms with Gasteiger partial charge in [-0.15, -0.1) is 0 Å². The van der Waals surface area contributed by atoms with Gasteiger partial charge in [-0.3, -0.25) is 4.79 Å². The van der Waals surface area contributed by atoms with Crippen molar-refractivity contribution < 1.29 is 4.39 Å². The number of unbranched alkanes of at least 4 members (excludes halogenated alkanes) is 1. The van der Waals surface area contributed by atoms with Gasteiger partial charge in [0, 0.05) is 31.9 Å². The van der Waals surface area contributed by atoms with Gasteiger partial charge in [-0.1, -0.05) is 18.2 Å². The lowest BCUT2D eigenvalue weighted by Crippen LogP contribution is -2.37. The summed E-state index contributed by atoms with van der Waals surface area (Å²) >= 11 is 0. The predicted octanol–water partition coefficient (Wildman–Crippen LogP) is 2.52. The minimum absolute atomic E-state index is 0.0321. The topological polar surface area (TPSA) is 58.4 Å². The second-order valence-corrected chi connectivity index (χ2v) is 5.69. The van der Waals surface area contributed by atoms with Crippen molar-refractivity contribution in [2.45, 2.75) is 32.9 Å². The van der Waals surface area contributed by atoms with Crippen molar-refractivity contribution in [2.75, 3.05) is 13.1 Å². The minimum atomic E-state index is -0.240. The summed E-state index contributed by atoms with van der Waals surface area (Å²) in [5.41, 5.74) is 0.992. The van der Waals surface area contributed by atoms with Crippen molar-refractivity contribution in [2.24, 2.45) is 4.99 Å². The molecule has 2 aromatic rings. The Labute approximate surface area is 147 Å². The number of rotatable bonds is 8. The molecular weight excluding hydrogens is 319 g/mol. The van der Waals surface area contributed by atoms with Crippen LogP contribution >= 0.6 is 0 Å². The van der Waals surface area contributed by atoms with Crippen LogP contribution in [0.15, 0.2) is 58.4 Å². The quantitative estimate of drug-likeness (QED) is 0.439. The second kappa shape index (κ2) is 10.3. The third kappa shape index (κ3) is 6.79. The van der Waals surface area contributed by atoms with E-state index in [1.54, 1.807) is 28.8 Å². The second-order valence-electron chi connectivity index (χ2n) is 5.69. The van der Waals surface area contributed by atoms with Crippen LogP contribution in [0.4, 0.5) is 4.39 Å². The molecule has 25 heavy (non-hydrogen) atoms. The van der Waals surface area contributed by atoms with Crippen LogP contribution in [0.5, 0.6) is 0 Å². The number of pyridine rings is 1. The molecule has 1 aromatic heterocycles. The summed E-state index contributed by atoms with van der Waals surface area (Å²) in [5.74, 6) is 0.499. The average Bonchev–Trinajstić information content (AvgIpc) is 2.62. The smallest absolute Gasteiger partial charge is 0.250 e. The molecule has 0 amide bonds. The summed E-state index contributed by atoms with van der Waals surface area (Å²) in [6, 6.07) is 11.5. The molecule has 1 heterocycles. The van der Waals surface area contributed by atoms with Crippen LogP contribution < -0.4 is 16.2 Å². The van der Waals surface area contributed by atoms with Crippen LogP contribution in [0.3, 0.4) is 0 Å². The van der Waals surface area contributed by atoms with Crippen molar-refractivity contribution in [3.63, 3.8) is 0 Å². The minimum Gasteiger partial charge on any atom is -0.357 e. The number of benzene rings is 1. The highest BCUT2D eigenvalue weighted by Crippen LogP contribution is 2.03. The molecule has 0 saturated carbocycles. The summed E-state index contributed by atoms with van der Waals surface area (Å²) < 4.78 is 14.6. The molecule has 2 rings (SSSR count). The summed E-state index contributed by atoms with van der Waals surface area (Å²) in [7, 11) is 0. The standard InChI is InChI=1S/C19H25FN4O/c1-2-21-19(23-15-16-8-10-17(20)11-9-16)22-12-4-6-14-24-13-5-3-7-18(24)25/h3,5,7-11,13H,2,4,6,12,14-15H2,1H3,(H2,21,22,23). The van der Waals surface area contributed by atoms with Gasteiger partial charge in [0.15, 0.2) is 5.96 Å². The van der Waals surface area contributed by atoms with Gasteiger partial charge in [-0.25, -0.2) is 9.38 Å². The molecule has 1 aromatic carbocycles. The van der Waals surface area contributed by atoms with E-state index < -0.39 is 0 Å². The number of hydrogen-bond acceptors (Lipinski definition) is 2. The number of hydrogen-bond donors (Lipinski definition) is 2. The van der Waals surface area contributed by atoms with Crippen LogP contribution in [-0.4, -0.2) is 23.6 Å². The fourth-order valence-electron chi connectivity index (χ4n) is 2.36. The van der Waals surface area contributed by atoms with E-state index in [-0.39, 0.29) is 11.4 Å². The van der Waals surface area contributed by atoms with E-state index in [4.69, 9.17) is 0 Å². The van der Waals surface area contributed by atoms with Gasteiger partial charge in [-0.05, 0) is 43.5 Å². The molecule has 0 bridgehead atoms. The lowest BCUT2D eigenvalue weighted by molar-refractivity contribution is 0.585. The third-order valence-corrected chi connectivity index (χ3v) is 3.69. The average molecular weight is 344 g/mol. The zero-order valence-electron chi connectivity index (χ0n) is 14.5. The normalized spacial score (nSPS) is 11.4. The number of nitrogens with one attached hydrogen (secondary N) is 2. The Kier molecular flexibility index (Phi) is 7.69. The zero-order valence-corrected chi connectivity index (χ0v) is 14.5. The summed E-state index contributed by atoms with van der Waals surface area (Å²) in [6.07, 6.45) is 3.65. The summed E-state index contributed by atoms with van der Waals surface area (Å²) in [5, 5.41) is 6.47. The van der Waals surface area contributed by atoms with Gasteiger partial charge in [-0.2, -0.15) is 0 Å². The molecule has 0 radical (unpaired) electrons. The van der Waals surface area contributed by atoms with Crippen molar-refractivity contribution >= 4 is 5.96 Å². The molecule has 0 spiro atoms. The number of aromatic nitrogens is 1. The zero-order chi connectivity index (χ0) is 17.9. The fraction of sp³-hybridized carbons (Fsp3) is 0.368. The molecule has 0 aliphatic heterocycles. The maximum Gasteiger partial charge on any atom is 0.250 e. The number of aliphatic imine (C=N–C) groups is 1. The van der Waals surface area contributed by atoms with E-state index in [0.29, 0.717) is 13.1 Å². The summed E-state index contributed by atoms with van der Waals surface area (Å²) in [4.78, 5) is 16.1. The highest BCUT2D eigenvalue weighted by atomic mass is 19.1. The van der Waals surface area contributed by atoms with Crippen LogP contribution in [-0.2, 0) is 13.1 Å². The molecule has 0 saturated heterocycles. The molecule has 6 heteroatoms. The van der Waals surface area contributed by atoms with Crippen molar-refractivity contribution in [1.82, 2.24) is 15.2 Å². The molecule has 134 valence electrons. The first-order valence-electron chi connectivity index (χ1n) is 8.61. The van der Waals surface area contributed by atoms with E-state index in [9.17, 15) is 9.18 Å². The Morgan fingerprint density at radius 2 is 1.92 bits per heavy atom. The van der Waals surface area contributed by atoms with Gasteiger partial charge in [0.2, 0.25) is 5.56 Å². The van der Waals surface area contributed by atoms with Crippen molar-refractivity contribution in [3.05, 3.63) is 70.4 Å². The molecule has 2 N–H and O–H groups in total. The van der Waals surface area contributed by atoms with Gasteiger partial charge in [0.05, 0.1) is 6.54 Å². The largest absolute Gasteiger partial charge is 0.357 e. The first-order valence-corrected chi connectivity index (χ1v) is 8.61. The Bertz CT molecular complexity index is 725. The Balaban J connectivity index is 1.75. The Morgan fingerprint density at radius 3 is 2.64 bits per heavy atom. The Morgan fingerprint density at radius 1 is 1.12 bits per heavy atom. The van der Waals surface area contributed by atoms with E-state index in [1.807, 2.05) is 19.2 Å². The lowest BCUT2D eigenvalue weighted by atomic mass is 10.2. The number of aryl methyl sites for hydroxylation is 1. The van der Waals surface area contributed by atoms with E-state index in [2.05, 4.69) is 15.6 Å². The van der Waals surface area contributed by atoms with Gasteiger partial charge in [0.1, 0.15) is 5.82 Å². The number of guanidine groups is 1. The SMILES string of the molecule is CCNC(=NCc1ccc(F)cc1)NCCCCn1ccccc1=O. The van der Waals surface area contributed by atoms with Crippen LogP contribution in [0.2, 0.25) is 0 Å².